The summed E-state index contributed by atoms with van der Waals surface area (Å²) < 4.78 is 5.21. The highest BCUT2D eigenvalue weighted by molar-refractivity contribution is 6.16. The smallest absolute Gasteiger partial charge is 0.339 e. The molecule has 1 aromatic heterocycles. The molecule has 2 aromatic carbocycles. The Kier molecular flexibility index (Phi) is 3.06. The van der Waals surface area contributed by atoms with E-state index in [0.717, 1.165) is 0 Å². The van der Waals surface area contributed by atoms with Crippen LogP contribution in [0, 0.1) is 6.92 Å². The Morgan fingerprint density at radius 2 is 1.81 bits per heavy atom. The summed E-state index contributed by atoms with van der Waals surface area (Å²) in [6.45, 7) is 1.64. The van der Waals surface area contributed by atoms with Crippen molar-refractivity contribution >= 4 is 16.8 Å². The van der Waals surface area contributed by atoms with Crippen molar-refractivity contribution in [3.05, 3.63) is 75.6 Å². The van der Waals surface area contributed by atoms with Crippen LogP contribution in [0.2, 0.25) is 0 Å². The summed E-state index contributed by atoms with van der Waals surface area (Å²) in [6.07, 6.45) is 0. The molecule has 0 spiro atoms. The second kappa shape index (κ2) is 4.90. The third-order valence-corrected chi connectivity index (χ3v) is 3.32. The molecule has 3 rings (SSSR count). The van der Waals surface area contributed by atoms with Gasteiger partial charge in [0, 0.05) is 16.5 Å². The minimum atomic E-state index is -0.518. The number of phenols is 1. The maximum atomic E-state index is 12.6. The second-order valence-electron chi connectivity index (χ2n) is 4.79. The summed E-state index contributed by atoms with van der Waals surface area (Å²) in [5.74, 6) is -0.589. The largest absolute Gasteiger partial charge is 0.507 e. The monoisotopic (exact) mass is 280 g/mol. The van der Waals surface area contributed by atoms with E-state index in [1.165, 1.54) is 6.07 Å². The second-order valence-corrected chi connectivity index (χ2v) is 4.79. The van der Waals surface area contributed by atoms with Crippen LogP contribution in [0.5, 0.6) is 5.75 Å². The van der Waals surface area contributed by atoms with Gasteiger partial charge in [0.15, 0.2) is 5.58 Å². The maximum absolute atomic E-state index is 12.6. The van der Waals surface area contributed by atoms with Crippen molar-refractivity contribution in [1.82, 2.24) is 0 Å². The molecule has 1 heterocycles. The van der Waals surface area contributed by atoms with Gasteiger partial charge < -0.3 is 9.52 Å². The molecule has 0 aliphatic rings. The lowest BCUT2D eigenvalue weighted by atomic mass is 10.00. The third-order valence-electron chi connectivity index (χ3n) is 3.32. The van der Waals surface area contributed by atoms with E-state index in [1.54, 1.807) is 49.4 Å². The molecule has 0 bridgehead atoms. The van der Waals surface area contributed by atoms with E-state index in [-0.39, 0.29) is 22.7 Å². The molecular weight excluding hydrogens is 268 g/mol. The highest BCUT2D eigenvalue weighted by Crippen LogP contribution is 2.29. The molecule has 0 atom stereocenters. The fourth-order valence-corrected chi connectivity index (χ4v) is 2.23. The first kappa shape index (κ1) is 13.1. The molecule has 1 N–H and O–H groups in total. The molecule has 0 unspecified atom stereocenters. The van der Waals surface area contributed by atoms with E-state index in [2.05, 4.69) is 0 Å². The molecule has 0 aliphatic heterocycles. The van der Waals surface area contributed by atoms with Crippen LogP contribution in [0.15, 0.2) is 57.7 Å². The zero-order valence-electron chi connectivity index (χ0n) is 11.3. The number of benzene rings is 2. The number of carbonyl (C=O) groups excluding carboxylic acids is 1. The van der Waals surface area contributed by atoms with Gasteiger partial charge in [-0.2, -0.15) is 0 Å². The van der Waals surface area contributed by atoms with Crippen LogP contribution in [0.25, 0.3) is 11.0 Å². The van der Waals surface area contributed by atoms with Crippen molar-refractivity contribution in [3.63, 3.8) is 0 Å². The summed E-state index contributed by atoms with van der Waals surface area (Å²) in [4.78, 5) is 24.3. The van der Waals surface area contributed by atoms with E-state index < -0.39 is 5.63 Å². The van der Waals surface area contributed by atoms with Gasteiger partial charge in [-0.15, -0.1) is 0 Å². The first-order valence-corrected chi connectivity index (χ1v) is 6.44. The van der Waals surface area contributed by atoms with Gasteiger partial charge in [0.25, 0.3) is 0 Å². The highest BCUT2D eigenvalue weighted by atomic mass is 16.4. The summed E-state index contributed by atoms with van der Waals surface area (Å²) >= 11 is 0. The molecule has 0 saturated heterocycles. The van der Waals surface area contributed by atoms with Crippen LogP contribution in [0.3, 0.4) is 0 Å². The van der Waals surface area contributed by atoms with Gasteiger partial charge in [0.2, 0.25) is 5.78 Å². The van der Waals surface area contributed by atoms with Crippen LogP contribution >= 0.6 is 0 Å². The van der Waals surface area contributed by atoms with Crippen molar-refractivity contribution in [2.45, 2.75) is 6.92 Å². The molecule has 0 aliphatic carbocycles. The SMILES string of the molecule is Cc1cc2ccc(O)c(C(=O)c3ccccc3)c2oc1=O. The molecule has 3 aromatic rings. The molecular formula is C17H12O4. The highest BCUT2D eigenvalue weighted by Gasteiger charge is 2.19. The van der Waals surface area contributed by atoms with Gasteiger partial charge in [0.1, 0.15) is 11.3 Å². The number of phenolic OH excluding ortho intramolecular Hbond substituents is 1. The molecule has 4 heteroatoms. The summed E-state index contributed by atoms with van der Waals surface area (Å²) in [7, 11) is 0. The number of rotatable bonds is 2. The number of carbonyl (C=O) groups is 1. The van der Waals surface area contributed by atoms with Crippen LogP contribution in [0.1, 0.15) is 21.5 Å². The van der Waals surface area contributed by atoms with E-state index in [0.29, 0.717) is 16.5 Å². The van der Waals surface area contributed by atoms with Crippen molar-refractivity contribution in [2.75, 3.05) is 0 Å². The Morgan fingerprint density at radius 1 is 1.10 bits per heavy atom. The van der Waals surface area contributed by atoms with Gasteiger partial charge in [-0.1, -0.05) is 30.3 Å². The predicted octanol–water partition coefficient (Wildman–Crippen LogP) is 3.04. The van der Waals surface area contributed by atoms with Gasteiger partial charge in [-0.3, -0.25) is 4.79 Å². The van der Waals surface area contributed by atoms with Crippen LogP contribution in [-0.2, 0) is 0 Å². The van der Waals surface area contributed by atoms with Crippen molar-refractivity contribution < 1.29 is 14.3 Å². The quantitative estimate of drug-likeness (QED) is 0.578. The van der Waals surface area contributed by atoms with Crippen LogP contribution in [-0.4, -0.2) is 10.9 Å². The average molecular weight is 280 g/mol. The average Bonchev–Trinajstić information content (AvgIpc) is 2.49. The summed E-state index contributed by atoms with van der Waals surface area (Å²) in [5, 5.41) is 10.6. The van der Waals surface area contributed by atoms with Crippen molar-refractivity contribution in [1.29, 1.82) is 0 Å². The number of aryl methyl sites for hydroxylation is 1. The van der Waals surface area contributed by atoms with Crippen molar-refractivity contribution in [2.24, 2.45) is 0 Å². The van der Waals surface area contributed by atoms with E-state index in [1.807, 2.05) is 0 Å². The first-order chi connectivity index (χ1) is 10.1. The zero-order chi connectivity index (χ0) is 15.0. The van der Waals surface area contributed by atoms with Gasteiger partial charge in [0.05, 0.1) is 0 Å². The summed E-state index contributed by atoms with van der Waals surface area (Å²) in [6, 6.07) is 13.2. The molecule has 104 valence electrons. The molecule has 0 saturated carbocycles. The third kappa shape index (κ3) is 2.21. The number of hydrogen-bond acceptors (Lipinski definition) is 4. The number of aromatic hydroxyl groups is 1. The number of ketones is 1. The number of hydrogen-bond donors (Lipinski definition) is 1. The van der Waals surface area contributed by atoms with E-state index in [9.17, 15) is 14.7 Å². The lowest BCUT2D eigenvalue weighted by Crippen LogP contribution is -2.07. The van der Waals surface area contributed by atoms with Gasteiger partial charge in [-0.25, -0.2) is 4.79 Å². The Morgan fingerprint density at radius 3 is 2.52 bits per heavy atom. The zero-order valence-corrected chi connectivity index (χ0v) is 11.3. The van der Waals surface area contributed by atoms with Crippen molar-refractivity contribution in [3.8, 4) is 5.75 Å². The molecule has 0 radical (unpaired) electrons. The lowest BCUT2D eigenvalue weighted by molar-refractivity contribution is 0.103. The predicted molar refractivity (Wildman–Crippen MR) is 78.8 cm³/mol. The molecule has 4 nitrogen and oxygen atoms in total. The topological polar surface area (TPSA) is 67.5 Å². The number of fused-ring (bicyclic) bond motifs is 1. The standard InChI is InChI=1S/C17H12O4/c1-10-9-12-7-8-13(18)14(16(12)21-17(10)20)15(19)11-5-3-2-4-6-11/h2-9,18H,1H3. The van der Waals surface area contributed by atoms with Gasteiger partial charge >= 0.3 is 5.63 Å². The first-order valence-electron chi connectivity index (χ1n) is 6.44. The Balaban J connectivity index is 2.31. The molecule has 0 amide bonds. The Hall–Kier alpha value is -2.88. The van der Waals surface area contributed by atoms with Gasteiger partial charge in [-0.05, 0) is 25.1 Å². The fourth-order valence-electron chi connectivity index (χ4n) is 2.23. The van der Waals surface area contributed by atoms with Crippen LogP contribution in [0.4, 0.5) is 0 Å². The van der Waals surface area contributed by atoms with E-state index in [4.69, 9.17) is 4.42 Å². The normalized spacial score (nSPS) is 10.7. The minimum Gasteiger partial charge on any atom is -0.507 e. The fraction of sp³-hybridized carbons (Fsp3) is 0.0588. The molecule has 21 heavy (non-hydrogen) atoms. The lowest BCUT2D eigenvalue weighted by Gasteiger charge is -2.07. The summed E-state index contributed by atoms with van der Waals surface area (Å²) in [5.41, 5.74) is 0.472. The van der Waals surface area contributed by atoms with E-state index >= 15 is 0 Å². The maximum Gasteiger partial charge on any atom is 0.339 e. The molecule has 0 fully saturated rings. The van der Waals surface area contributed by atoms with Crippen LogP contribution < -0.4 is 5.63 Å². The Bertz CT molecular complexity index is 892. The minimum absolute atomic E-state index is 0.0100. The Labute approximate surface area is 120 Å².